The van der Waals surface area contributed by atoms with Gasteiger partial charge in [-0.15, -0.1) is 22.7 Å². The first-order chi connectivity index (χ1) is 13.9. The molecule has 0 aromatic carbocycles. The van der Waals surface area contributed by atoms with Crippen LogP contribution < -0.4 is 10.6 Å². The lowest BCUT2D eigenvalue weighted by Crippen LogP contribution is -2.18. The number of nitriles is 1. The van der Waals surface area contributed by atoms with E-state index in [0.717, 1.165) is 6.42 Å². The summed E-state index contributed by atoms with van der Waals surface area (Å²) in [5.41, 5.74) is 1.53. The molecule has 1 aliphatic carbocycles. The highest BCUT2D eigenvalue weighted by molar-refractivity contribution is 7.17. The summed E-state index contributed by atoms with van der Waals surface area (Å²) in [6.07, 6.45) is 4.28. The zero-order chi connectivity index (χ0) is 20.9. The Morgan fingerprint density at radius 3 is 2.66 bits per heavy atom. The molecule has 3 aromatic rings. The van der Waals surface area contributed by atoms with Gasteiger partial charge in [0, 0.05) is 25.3 Å². The topological polar surface area (TPSA) is 90.7 Å². The molecule has 0 radical (unpaired) electrons. The average molecular weight is 436 g/mol. The Labute approximate surface area is 174 Å². The van der Waals surface area contributed by atoms with Crippen molar-refractivity contribution in [2.45, 2.75) is 38.0 Å². The lowest BCUT2D eigenvalue weighted by atomic mass is 9.97. The van der Waals surface area contributed by atoms with E-state index < -0.39 is 5.92 Å². The van der Waals surface area contributed by atoms with Crippen molar-refractivity contribution in [3.05, 3.63) is 33.5 Å². The Morgan fingerprint density at radius 1 is 1.28 bits per heavy atom. The first-order valence-corrected chi connectivity index (χ1v) is 10.8. The second-order valence-electron chi connectivity index (χ2n) is 6.45. The fourth-order valence-electron chi connectivity index (χ4n) is 2.84. The number of rotatable bonds is 3. The molecule has 10 heteroatoms. The van der Waals surface area contributed by atoms with Crippen LogP contribution in [-0.4, -0.2) is 28.8 Å². The summed E-state index contributed by atoms with van der Waals surface area (Å²) < 4.78 is 24.4. The number of thiophene rings is 2. The quantitative estimate of drug-likeness (QED) is 0.566. The molecule has 29 heavy (non-hydrogen) atoms. The number of carbonyl (C=O) groups excluding carboxylic acids is 1. The van der Waals surface area contributed by atoms with Crippen molar-refractivity contribution in [1.29, 1.82) is 5.26 Å². The largest absolute Gasteiger partial charge is 0.372 e. The van der Waals surface area contributed by atoms with E-state index in [1.165, 1.54) is 22.7 Å². The summed E-state index contributed by atoms with van der Waals surface area (Å²) >= 11 is 2.65. The number of halogens is 2. The molecule has 6 nitrogen and oxygen atoms in total. The molecule has 2 N–H and O–H groups in total. The van der Waals surface area contributed by atoms with E-state index >= 15 is 0 Å². The van der Waals surface area contributed by atoms with Crippen molar-refractivity contribution in [2.75, 3.05) is 17.7 Å². The predicted octanol–water partition coefficient (Wildman–Crippen LogP) is 5.50. The number of hydrogen-bond acceptors (Lipinski definition) is 7. The maximum absolute atomic E-state index is 12.4. The summed E-state index contributed by atoms with van der Waals surface area (Å²) in [5, 5.41) is 18.1. The second-order valence-corrected chi connectivity index (χ2v) is 8.23. The Hall–Kier alpha value is -2.64. The van der Waals surface area contributed by atoms with E-state index in [1.54, 1.807) is 30.1 Å². The lowest BCUT2D eigenvalue weighted by Gasteiger charge is -2.20. The third-order valence-electron chi connectivity index (χ3n) is 4.38. The first kappa shape index (κ1) is 21.1. The van der Waals surface area contributed by atoms with E-state index in [9.17, 15) is 13.6 Å². The van der Waals surface area contributed by atoms with Crippen LogP contribution in [0.5, 0.6) is 0 Å². The second kappa shape index (κ2) is 9.24. The third-order valence-corrected chi connectivity index (χ3v) is 6.08. The third kappa shape index (κ3) is 5.25. The van der Waals surface area contributed by atoms with Crippen molar-refractivity contribution >= 4 is 50.4 Å². The molecule has 0 saturated heterocycles. The van der Waals surface area contributed by atoms with Crippen molar-refractivity contribution < 1.29 is 13.6 Å². The Kier molecular flexibility index (Phi) is 6.71. The normalized spacial score (nSPS) is 15.1. The number of aromatic nitrogens is 2. The maximum Gasteiger partial charge on any atom is 0.258 e. The van der Waals surface area contributed by atoms with Gasteiger partial charge in [0.05, 0.1) is 17.4 Å². The van der Waals surface area contributed by atoms with Crippen LogP contribution in [0.15, 0.2) is 23.0 Å². The maximum atomic E-state index is 12.4. The van der Waals surface area contributed by atoms with Gasteiger partial charge in [-0.05, 0) is 24.3 Å². The minimum atomic E-state index is -2.32. The summed E-state index contributed by atoms with van der Waals surface area (Å²) in [4.78, 5) is 22.1. The van der Waals surface area contributed by atoms with Crippen molar-refractivity contribution in [2.24, 2.45) is 0 Å². The molecule has 1 amide bonds. The van der Waals surface area contributed by atoms with E-state index in [0.29, 0.717) is 45.1 Å². The molecule has 0 bridgehead atoms. The number of nitrogens with zero attached hydrogens (tertiary/aromatic N) is 3. The van der Waals surface area contributed by atoms with E-state index in [2.05, 4.69) is 26.7 Å². The van der Waals surface area contributed by atoms with Gasteiger partial charge in [0.1, 0.15) is 27.1 Å². The van der Waals surface area contributed by atoms with E-state index in [-0.39, 0.29) is 18.7 Å². The molecular formula is C19H19F2N5OS2. The van der Waals surface area contributed by atoms with Gasteiger partial charge in [-0.1, -0.05) is 6.42 Å². The molecule has 152 valence electrons. The molecule has 1 aliphatic rings. The molecule has 3 aromatic heterocycles. The van der Waals surface area contributed by atoms with Gasteiger partial charge < -0.3 is 10.6 Å². The van der Waals surface area contributed by atoms with Crippen LogP contribution in [0.3, 0.4) is 0 Å². The summed E-state index contributed by atoms with van der Waals surface area (Å²) in [6, 6.07) is 3.76. The molecule has 0 spiro atoms. The van der Waals surface area contributed by atoms with Gasteiger partial charge in [-0.2, -0.15) is 5.26 Å². The molecular weight excluding hydrogens is 416 g/mol. The number of amides is 1. The minimum absolute atomic E-state index is 0.118. The van der Waals surface area contributed by atoms with Crippen LogP contribution in [0.1, 0.15) is 47.3 Å². The fourth-order valence-corrected chi connectivity index (χ4v) is 4.31. The molecule has 0 atom stereocenters. The zero-order valence-electron chi connectivity index (χ0n) is 15.7. The Balaban J connectivity index is 0.000000252. The van der Waals surface area contributed by atoms with Crippen LogP contribution in [0.2, 0.25) is 0 Å². The molecule has 0 aliphatic heterocycles. The molecule has 1 saturated carbocycles. The average Bonchev–Trinajstić information content (AvgIpc) is 3.34. The van der Waals surface area contributed by atoms with Gasteiger partial charge in [0.15, 0.2) is 0 Å². The van der Waals surface area contributed by atoms with Gasteiger partial charge in [0.2, 0.25) is 5.92 Å². The summed E-state index contributed by atoms with van der Waals surface area (Å²) in [6.45, 7) is 0. The predicted molar refractivity (Wildman–Crippen MR) is 112 cm³/mol. The monoisotopic (exact) mass is 435 g/mol. The van der Waals surface area contributed by atoms with Crippen LogP contribution >= 0.6 is 22.7 Å². The minimum Gasteiger partial charge on any atom is -0.372 e. The van der Waals surface area contributed by atoms with Crippen LogP contribution in [-0.2, 0) is 0 Å². The van der Waals surface area contributed by atoms with Crippen LogP contribution in [0, 0.1) is 11.3 Å². The summed E-state index contributed by atoms with van der Waals surface area (Å²) in [5.74, 6) is -2.01. The van der Waals surface area contributed by atoms with Gasteiger partial charge in [-0.25, -0.2) is 18.7 Å². The van der Waals surface area contributed by atoms with Crippen LogP contribution in [0.25, 0.3) is 10.3 Å². The van der Waals surface area contributed by atoms with Crippen LogP contribution in [0.4, 0.5) is 20.3 Å². The standard InChI is InChI=1S/C13H9N5OS2.C6H10F2/c1-15-10-5-16-13-11(18-10)7(6-21-13)12(19)17-8-2-3-20-9(8)4-14;7-6(8)4-2-1-3-5-6/h2-3,5-6H,1H3,(H,15,18)(H,17,19);1-5H2. The molecule has 4 rings (SSSR count). The zero-order valence-corrected chi connectivity index (χ0v) is 17.3. The van der Waals surface area contributed by atoms with E-state index in [4.69, 9.17) is 5.26 Å². The van der Waals surface area contributed by atoms with Crippen molar-refractivity contribution in [1.82, 2.24) is 9.97 Å². The SMILES string of the molecule is CNc1cnc2scc(C(=O)Nc3ccsc3C#N)c2n1.FC1(F)CCCCC1. The highest BCUT2D eigenvalue weighted by Crippen LogP contribution is 2.32. The number of anilines is 2. The number of alkyl halides is 2. The molecule has 1 fully saturated rings. The van der Waals surface area contributed by atoms with Crippen molar-refractivity contribution in [3.63, 3.8) is 0 Å². The number of fused-ring (bicyclic) bond motifs is 1. The van der Waals surface area contributed by atoms with E-state index in [1.807, 2.05) is 0 Å². The number of nitrogens with one attached hydrogen (secondary N) is 2. The van der Waals surface area contributed by atoms with Crippen molar-refractivity contribution in [3.8, 4) is 6.07 Å². The highest BCUT2D eigenvalue weighted by atomic mass is 32.1. The van der Waals surface area contributed by atoms with Gasteiger partial charge in [-0.3, -0.25) is 4.79 Å². The smallest absolute Gasteiger partial charge is 0.258 e. The molecule has 0 unspecified atom stereocenters. The first-order valence-electron chi connectivity index (χ1n) is 9.02. The summed E-state index contributed by atoms with van der Waals surface area (Å²) in [7, 11) is 1.74. The van der Waals surface area contributed by atoms with Gasteiger partial charge in [0.25, 0.3) is 5.91 Å². The van der Waals surface area contributed by atoms with Gasteiger partial charge >= 0.3 is 0 Å². The molecule has 3 heterocycles. The Morgan fingerprint density at radius 2 is 2.03 bits per heavy atom. The number of hydrogen-bond donors (Lipinski definition) is 2. The fraction of sp³-hybridized carbons (Fsp3) is 0.368. The highest BCUT2D eigenvalue weighted by Gasteiger charge is 2.30. The Bertz CT molecular complexity index is 1030. The number of carbonyl (C=O) groups is 1. The lowest BCUT2D eigenvalue weighted by molar-refractivity contribution is -0.0337.